The van der Waals surface area contributed by atoms with Gasteiger partial charge in [0.05, 0.1) is 0 Å². The maximum atomic E-state index is 12.1. The third kappa shape index (κ3) is 4.35. The number of carbonyl (C=O) groups excluding carboxylic acids is 1. The molecule has 0 radical (unpaired) electrons. The van der Waals surface area contributed by atoms with E-state index in [1.807, 2.05) is 38.1 Å². The quantitative estimate of drug-likeness (QED) is 0.646. The Morgan fingerprint density at radius 2 is 1.96 bits per heavy atom. The van der Waals surface area contributed by atoms with Crippen molar-refractivity contribution in [1.82, 2.24) is 0 Å². The summed E-state index contributed by atoms with van der Waals surface area (Å²) in [5.74, 6) is -0.493. The number of nitrogens with one attached hydrogen (secondary N) is 2. The highest BCUT2D eigenvalue weighted by Crippen LogP contribution is 2.19. The van der Waals surface area contributed by atoms with Crippen LogP contribution in [0.5, 0.6) is 0 Å². The molecule has 2 aromatic rings. The average Bonchev–Trinajstić information content (AvgIpc) is 2.52. The molecule has 0 saturated heterocycles. The third-order valence-corrected chi connectivity index (χ3v) is 3.66. The summed E-state index contributed by atoms with van der Waals surface area (Å²) in [6.07, 6.45) is 1.40. The van der Waals surface area contributed by atoms with Crippen molar-refractivity contribution >= 4 is 28.9 Å². The van der Waals surface area contributed by atoms with Gasteiger partial charge in [-0.15, -0.1) is 0 Å². The Morgan fingerprint density at radius 1 is 1.22 bits per heavy atom. The van der Waals surface area contributed by atoms with Crippen molar-refractivity contribution in [3.63, 3.8) is 0 Å². The number of anilines is 2. The molecule has 2 N–H and O–H groups in total. The molecule has 0 unspecified atom stereocenters. The van der Waals surface area contributed by atoms with E-state index in [0.717, 1.165) is 16.8 Å². The maximum absolute atomic E-state index is 12.1. The van der Waals surface area contributed by atoms with Crippen LogP contribution < -0.4 is 10.6 Å². The number of rotatable bonds is 4. The van der Waals surface area contributed by atoms with Gasteiger partial charge in [-0.3, -0.25) is 4.79 Å². The van der Waals surface area contributed by atoms with Gasteiger partial charge in [0.2, 0.25) is 0 Å². The van der Waals surface area contributed by atoms with E-state index in [1.165, 1.54) is 6.20 Å². The first kappa shape index (κ1) is 16.6. The number of halogens is 1. The fourth-order valence-electron chi connectivity index (χ4n) is 1.97. The molecular weight excluding hydrogens is 310 g/mol. The minimum atomic E-state index is -0.493. The highest BCUT2D eigenvalue weighted by molar-refractivity contribution is 6.31. The van der Waals surface area contributed by atoms with E-state index in [0.29, 0.717) is 10.7 Å². The van der Waals surface area contributed by atoms with Gasteiger partial charge in [-0.2, -0.15) is 5.26 Å². The molecule has 23 heavy (non-hydrogen) atoms. The minimum Gasteiger partial charge on any atom is -0.360 e. The highest BCUT2D eigenvalue weighted by Gasteiger charge is 2.10. The van der Waals surface area contributed by atoms with Gasteiger partial charge < -0.3 is 10.6 Å². The van der Waals surface area contributed by atoms with E-state index in [-0.39, 0.29) is 5.57 Å². The topological polar surface area (TPSA) is 64.9 Å². The van der Waals surface area contributed by atoms with Gasteiger partial charge in [0.1, 0.15) is 11.6 Å². The summed E-state index contributed by atoms with van der Waals surface area (Å²) >= 11 is 5.87. The summed E-state index contributed by atoms with van der Waals surface area (Å²) in [4.78, 5) is 12.1. The molecule has 0 saturated carbocycles. The van der Waals surface area contributed by atoms with Crippen LogP contribution in [-0.4, -0.2) is 5.91 Å². The van der Waals surface area contributed by atoms with Gasteiger partial charge in [0.25, 0.3) is 5.91 Å². The Labute approximate surface area is 140 Å². The second-order valence-electron chi connectivity index (χ2n) is 5.03. The van der Waals surface area contributed by atoms with Crippen LogP contribution in [0.1, 0.15) is 11.1 Å². The number of nitriles is 1. The van der Waals surface area contributed by atoms with Crippen LogP contribution in [0.15, 0.2) is 54.2 Å². The predicted octanol–water partition coefficient (Wildman–Crippen LogP) is 4.41. The second kappa shape index (κ2) is 7.48. The number of carbonyl (C=O) groups is 1. The third-order valence-electron chi connectivity index (χ3n) is 3.42. The molecule has 2 aromatic carbocycles. The van der Waals surface area contributed by atoms with Crippen molar-refractivity contribution in [2.24, 2.45) is 0 Å². The van der Waals surface area contributed by atoms with Gasteiger partial charge in [-0.05, 0) is 49.2 Å². The van der Waals surface area contributed by atoms with Crippen LogP contribution >= 0.6 is 11.6 Å². The summed E-state index contributed by atoms with van der Waals surface area (Å²) in [6.45, 7) is 3.98. The average molecular weight is 326 g/mol. The standard InChI is InChI=1S/C18H16ClN3O/c1-12-5-3-8-17(13(12)2)21-11-14(10-20)18(23)22-16-7-4-6-15(19)9-16/h3-9,11,21H,1-2H3,(H,22,23). The first-order valence-corrected chi connectivity index (χ1v) is 7.39. The van der Waals surface area contributed by atoms with Gasteiger partial charge in [-0.25, -0.2) is 0 Å². The fourth-order valence-corrected chi connectivity index (χ4v) is 2.16. The Balaban J connectivity index is 2.14. The predicted molar refractivity (Wildman–Crippen MR) is 93.3 cm³/mol. The first-order chi connectivity index (χ1) is 11.0. The normalized spacial score (nSPS) is 10.8. The molecule has 0 fully saturated rings. The smallest absolute Gasteiger partial charge is 0.267 e. The molecule has 0 aliphatic rings. The molecule has 2 rings (SSSR count). The Hall–Kier alpha value is -2.77. The second-order valence-corrected chi connectivity index (χ2v) is 5.46. The fraction of sp³-hybridized carbons (Fsp3) is 0.111. The van der Waals surface area contributed by atoms with Crippen molar-refractivity contribution in [3.05, 3.63) is 70.4 Å². The summed E-state index contributed by atoms with van der Waals surface area (Å²) in [5, 5.41) is 15.4. The largest absolute Gasteiger partial charge is 0.360 e. The lowest BCUT2D eigenvalue weighted by molar-refractivity contribution is -0.112. The van der Waals surface area contributed by atoms with Crippen molar-refractivity contribution < 1.29 is 4.79 Å². The molecule has 116 valence electrons. The zero-order chi connectivity index (χ0) is 16.8. The molecule has 0 aliphatic heterocycles. The number of benzene rings is 2. The van der Waals surface area contributed by atoms with E-state index in [1.54, 1.807) is 24.3 Å². The van der Waals surface area contributed by atoms with Crippen LogP contribution in [0, 0.1) is 25.2 Å². The highest BCUT2D eigenvalue weighted by atomic mass is 35.5. The van der Waals surface area contributed by atoms with E-state index in [2.05, 4.69) is 10.6 Å². The molecule has 0 bridgehead atoms. The number of nitrogens with zero attached hydrogens (tertiary/aromatic N) is 1. The van der Waals surface area contributed by atoms with Crippen molar-refractivity contribution in [2.75, 3.05) is 10.6 Å². The number of hydrogen-bond acceptors (Lipinski definition) is 3. The Kier molecular flexibility index (Phi) is 5.40. The minimum absolute atomic E-state index is 0.0223. The SMILES string of the molecule is Cc1cccc(NC=C(C#N)C(=O)Nc2cccc(Cl)c2)c1C. The molecule has 1 amide bonds. The maximum Gasteiger partial charge on any atom is 0.267 e. The molecule has 0 aromatic heterocycles. The molecule has 0 spiro atoms. The molecule has 0 heterocycles. The zero-order valence-corrected chi connectivity index (χ0v) is 13.6. The van der Waals surface area contributed by atoms with Crippen LogP contribution in [0.4, 0.5) is 11.4 Å². The Morgan fingerprint density at radius 3 is 2.65 bits per heavy atom. The van der Waals surface area contributed by atoms with E-state index >= 15 is 0 Å². The van der Waals surface area contributed by atoms with Crippen molar-refractivity contribution in [2.45, 2.75) is 13.8 Å². The Bertz CT molecular complexity index is 806. The van der Waals surface area contributed by atoms with Gasteiger partial charge in [-0.1, -0.05) is 29.8 Å². The summed E-state index contributed by atoms with van der Waals surface area (Å²) in [7, 11) is 0. The molecule has 0 aliphatic carbocycles. The number of amides is 1. The van der Waals surface area contributed by atoms with Gasteiger partial charge in [0.15, 0.2) is 0 Å². The van der Waals surface area contributed by atoms with Gasteiger partial charge >= 0.3 is 0 Å². The van der Waals surface area contributed by atoms with Crippen LogP contribution in [0.2, 0.25) is 5.02 Å². The molecule has 0 atom stereocenters. The number of hydrogen-bond donors (Lipinski definition) is 2. The monoisotopic (exact) mass is 325 g/mol. The summed E-state index contributed by atoms with van der Waals surface area (Å²) in [5.41, 5.74) is 3.57. The van der Waals surface area contributed by atoms with Crippen LogP contribution in [0.25, 0.3) is 0 Å². The van der Waals surface area contributed by atoms with Crippen molar-refractivity contribution in [1.29, 1.82) is 5.26 Å². The number of aryl methyl sites for hydroxylation is 1. The van der Waals surface area contributed by atoms with E-state index < -0.39 is 5.91 Å². The van der Waals surface area contributed by atoms with E-state index in [9.17, 15) is 10.1 Å². The molecular formula is C18H16ClN3O. The summed E-state index contributed by atoms with van der Waals surface area (Å²) < 4.78 is 0. The lowest BCUT2D eigenvalue weighted by atomic mass is 10.1. The van der Waals surface area contributed by atoms with Gasteiger partial charge in [0, 0.05) is 22.6 Å². The zero-order valence-electron chi connectivity index (χ0n) is 12.9. The van der Waals surface area contributed by atoms with Crippen LogP contribution in [0.3, 0.4) is 0 Å². The lowest BCUT2D eigenvalue weighted by Gasteiger charge is -2.09. The first-order valence-electron chi connectivity index (χ1n) is 7.01. The molecule has 5 heteroatoms. The lowest BCUT2D eigenvalue weighted by Crippen LogP contribution is -2.14. The summed E-state index contributed by atoms with van der Waals surface area (Å²) in [6, 6.07) is 14.5. The van der Waals surface area contributed by atoms with Crippen molar-refractivity contribution in [3.8, 4) is 6.07 Å². The van der Waals surface area contributed by atoms with Crippen LogP contribution in [-0.2, 0) is 4.79 Å². The van der Waals surface area contributed by atoms with E-state index in [4.69, 9.17) is 11.6 Å². The molecule has 4 nitrogen and oxygen atoms in total.